The monoisotopic (exact) mass is 493 g/mol. The van der Waals surface area contributed by atoms with Gasteiger partial charge in [0, 0.05) is 24.2 Å². The third kappa shape index (κ3) is 5.49. The fourth-order valence-corrected chi connectivity index (χ4v) is 4.79. The number of benzene rings is 2. The first-order valence-corrected chi connectivity index (χ1v) is 12.4. The molecule has 1 aliphatic rings. The van der Waals surface area contributed by atoms with Crippen LogP contribution in [0.2, 0.25) is 0 Å². The van der Waals surface area contributed by atoms with Crippen molar-refractivity contribution in [2.24, 2.45) is 0 Å². The van der Waals surface area contributed by atoms with Crippen LogP contribution >= 0.6 is 0 Å². The maximum Gasteiger partial charge on any atom is 0.411 e. The summed E-state index contributed by atoms with van der Waals surface area (Å²) < 4.78 is 17.2. The first-order chi connectivity index (χ1) is 17.4. The number of aromatic nitrogens is 1. The van der Waals surface area contributed by atoms with Gasteiger partial charge in [-0.05, 0) is 88.1 Å². The molecule has 1 aromatic heterocycles. The molecule has 0 spiro atoms. The van der Waals surface area contributed by atoms with Gasteiger partial charge in [0.2, 0.25) is 0 Å². The van der Waals surface area contributed by atoms with Crippen LogP contribution in [0.4, 0.5) is 10.5 Å². The Morgan fingerprint density at radius 2 is 1.69 bits per heavy atom. The summed E-state index contributed by atoms with van der Waals surface area (Å²) in [6, 6.07) is 9.14. The molecule has 1 saturated heterocycles. The van der Waals surface area contributed by atoms with E-state index in [1.54, 1.807) is 26.5 Å². The lowest BCUT2D eigenvalue weighted by Gasteiger charge is -2.28. The molecule has 0 radical (unpaired) electrons. The van der Waals surface area contributed by atoms with Gasteiger partial charge in [-0.25, -0.2) is 4.79 Å². The van der Waals surface area contributed by atoms with Crippen LogP contribution in [-0.4, -0.2) is 61.5 Å². The maximum absolute atomic E-state index is 12.1. The SMILES string of the molecule is COc1cc2nccc(Oc3ccc(N(CCCN4CCCCC4)C(=O)O)c(C)c3C)c2cc1OC. The molecule has 0 atom stereocenters. The molecule has 3 aromatic rings. The Morgan fingerprint density at radius 1 is 0.972 bits per heavy atom. The number of piperidine rings is 1. The van der Waals surface area contributed by atoms with E-state index in [1.807, 2.05) is 38.1 Å². The molecule has 4 rings (SSSR count). The van der Waals surface area contributed by atoms with Crippen LogP contribution in [0.5, 0.6) is 23.0 Å². The minimum absolute atomic E-state index is 0.461. The van der Waals surface area contributed by atoms with E-state index in [0.717, 1.165) is 48.1 Å². The molecule has 1 fully saturated rings. The number of hydrogen-bond donors (Lipinski definition) is 1. The molecule has 192 valence electrons. The van der Waals surface area contributed by atoms with Crippen molar-refractivity contribution in [1.29, 1.82) is 0 Å². The quantitative estimate of drug-likeness (QED) is 0.390. The third-order valence-electron chi connectivity index (χ3n) is 6.96. The zero-order valence-electron chi connectivity index (χ0n) is 21.5. The molecule has 1 N–H and O–H groups in total. The second-order valence-electron chi connectivity index (χ2n) is 9.16. The number of fused-ring (bicyclic) bond motifs is 1. The predicted molar refractivity (Wildman–Crippen MR) is 141 cm³/mol. The summed E-state index contributed by atoms with van der Waals surface area (Å²) in [5, 5.41) is 10.7. The van der Waals surface area contributed by atoms with Crippen LogP contribution in [0.1, 0.15) is 36.8 Å². The summed E-state index contributed by atoms with van der Waals surface area (Å²) in [4.78, 5) is 20.5. The van der Waals surface area contributed by atoms with Crippen LogP contribution in [-0.2, 0) is 0 Å². The highest BCUT2D eigenvalue weighted by Gasteiger charge is 2.20. The minimum atomic E-state index is -0.939. The number of ether oxygens (including phenoxy) is 3. The van der Waals surface area contributed by atoms with Crippen LogP contribution < -0.4 is 19.1 Å². The normalized spacial score (nSPS) is 14.0. The number of carbonyl (C=O) groups is 1. The number of likely N-dealkylation sites (tertiary alicyclic amines) is 1. The van der Waals surface area contributed by atoms with E-state index in [9.17, 15) is 9.90 Å². The van der Waals surface area contributed by atoms with Gasteiger partial charge < -0.3 is 24.2 Å². The van der Waals surface area contributed by atoms with E-state index in [0.29, 0.717) is 35.2 Å². The Labute approximate surface area is 212 Å². The second kappa shape index (κ2) is 11.5. The van der Waals surface area contributed by atoms with E-state index in [4.69, 9.17) is 14.2 Å². The van der Waals surface area contributed by atoms with Crippen molar-refractivity contribution in [1.82, 2.24) is 9.88 Å². The molecule has 0 saturated carbocycles. The van der Waals surface area contributed by atoms with Crippen molar-refractivity contribution in [2.75, 3.05) is 45.3 Å². The van der Waals surface area contributed by atoms with Crippen LogP contribution in [0.25, 0.3) is 10.9 Å². The van der Waals surface area contributed by atoms with E-state index in [2.05, 4.69) is 9.88 Å². The highest BCUT2D eigenvalue weighted by Crippen LogP contribution is 2.39. The number of pyridine rings is 1. The van der Waals surface area contributed by atoms with E-state index < -0.39 is 6.09 Å². The smallest absolute Gasteiger partial charge is 0.411 e. The van der Waals surface area contributed by atoms with Crippen molar-refractivity contribution in [2.45, 2.75) is 39.5 Å². The summed E-state index contributed by atoms with van der Waals surface area (Å²) in [7, 11) is 3.18. The Bertz CT molecular complexity index is 1220. The molecule has 0 unspecified atom stereocenters. The van der Waals surface area contributed by atoms with Gasteiger partial charge in [-0.3, -0.25) is 9.88 Å². The van der Waals surface area contributed by atoms with Crippen LogP contribution in [0.15, 0.2) is 36.5 Å². The van der Waals surface area contributed by atoms with Crippen LogP contribution in [0.3, 0.4) is 0 Å². The first kappa shape index (κ1) is 25.6. The standard InChI is InChI=1S/C28H35N3O5/c1-19-20(2)24(36-25-11-12-29-22-18-27(35-4)26(34-3)17-21(22)25)10-9-23(19)31(28(32)33)16-8-15-30-13-6-5-7-14-30/h9-12,17-18H,5-8,13-16H2,1-4H3,(H,32,33). The van der Waals surface area contributed by atoms with Crippen LogP contribution in [0, 0.1) is 13.8 Å². The highest BCUT2D eigenvalue weighted by molar-refractivity contribution is 5.89. The molecule has 2 aromatic carbocycles. The molecule has 8 nitrogen and oxygen atoms in total. The van der Waals surface area contributed by atoms with Gasteiger partial charge in [-0.1, -0.05) is 6.42 Å². The molecule has 0 bridgehead atoms. The Hall–Kier alpha value is -3.52. The second-order valence-corrected chi connectivity index (χ2v) is 9.16. The molecule has 36 heavy (non-hydrogen) atoms. The van der Waals surface area contributed by atoms with Crippen molar-refractivity contribution >= 4 is 22.7 Å². The van der Waals surface area contributed by atoms with Gasteiger partial charge >= 0.3 is 6.09 Å². The summed E-state index contributed by atoms with van der Waals surface area (Å²) in [6.45, 7) is 7.50. The van der Waals surface area contributed by atoms with Crippen molar-refractivity contribution in [3.8, 4) is 23.0 Å². The number of nitrogens with zero attached hydrogens (tertiary/aromatic N) is 3. The summed E-state index contributed by atoms with van der Waals surface area (Å²) in [5.74, 6) is 2.48. The maximum atomic E-state index is 12.1. The number of rotatable bonds is 9. The lowest BCUT2D eigenvalue weighted by Crippen LogP contribution is -2.35. The minimum Gasteiger partial charge on any atom is -0.493 e. The summed E-state index contributed by atoms with van der Waals surface area (Å²) in [6.07, 6.45) is 5.31. The van der Waals surface area contributed by atoms with E-state index in [-0.39, 0.29) is 0 Å². The Kier molecular flexibility index (Phi) is 8.15. The van der Waals surface area contributed by atoms with Crippen molar-refractivity contribution in [3.05, 3.63) is 47.7 Å². The van der Waals surface area contributed by atoms with E-state index in [1.165, 1.54) is 24.2 Å². The summed E-state index contributed by atoms with van der Waals surface area (Å²) >= 11 is 0. The highest BCUT2D eigenvalue weighted by atomic mass is 16.5. The van der Waals surface area contributed by atoms with Crippen molar-refractivity contribution < 1.29 is 24.1 Å². The number of anilines is 1. The largest absolute Gasteiger partial charge is 0.493 e. The summed E-state index contributed by atoms with van der Waals surface area (Å²) in [5.41, 5.74) is 3.18. The molecular formula is C28H35N3O5. The van der Waals surface area contributed by atoms with Gasteiger partial charge in [0.15, 0.2) is 11.5 Å². The fraction of sp³-hybridized carbons (Fsp3) is 0.429. The number of hydrogen-bond acceptors (Lipinski definition) is 6. The zero-order chi connectivity index (χ0) is 25.7. The Balaban J connectivity index is 1.56. The number of amides is 1. The van der Waals surface area contributed by atoms with Crippen molar-refractivity contribution in [3.63, 3.8) is 0 Å². The zero-order valence-corrected chi connectivity index (χ0v) is 21.5. The third-order valence-corrected chi connectivity index (χ3v) is 6.96. The molecule has 2 heterocycles. The van der Waals surface area contributed by atoms with Gasteiger partial charge in [0.1, 0.15) is 11.5 Å². The number of carboxylic acid groups (broad SMARTS) is 1. The average molecular weight is 494 g/mol. The molecule has 0 aliphatic carbocycles. The molecular weight excluding hydrogens is 458 g/mol. The van der Waals surface area contributed by atoms with Gasteiger partial charge in [-0.2, -0.15) is 0 Å². The van der Waals surface area contributed by atoms with Gasteiger partial charge in [0.25, 0.3) is 0 Å². The lowest BCUT2D eigenvalue weighted by atomic mass is 10.1. The molecule has 1 aliphatic heterocycles. The molecule has 8 heteroatoms. The number of methoxy groups -OCH3 is 2. The predicted octanol–water partition coefficient (Wildman–Crippen LogP) is 6.02. The average Bonchev–Trinajstić information content (AvgIpc) is 2.89. The first-order valence-electron chi connectivity index (χ1n) is 12.4. The molecule has 1 amide bonds. The van der Waals surface area contributed by atoms with E-state index >= 15 is 0 Å². The Morgan fingerprint density at radius 3 is 2.39 bits per heavy atom. The topological polar surface area (TPSA) is 84.4 Å². The van der Waals surface area contributed by atoms with Gasteiger partial charge in [-0.15, -0.1) is 0 Å². The van der Waals surface area contributed by atoms with Gasteiger partial charge in [0.05, 0.1) is 25.4 Å². The fourth-order valence-electron chi connectivity index (χ4n) is 4.79. The lowest BCUT2D eigenvalue weighted by molar-refractivity contribution is 0.199.